The van der Waals surface area contributed by atoms with Gasteiger partial charge in [-0.2, -0.15) is 4.98 Å². The lowest BCUT2D eigenvalue weighted by atomic mass is 9.90. The van der Waals surface area contributed by atoms with Gasteiger partial charge in [-0.15, -0.1) is 0 Å². The number of nitrogens with zero attached hydrogens (tertiary/aromatic N) is 6. The topological polar surface area (TPSA) is 107 Å². The summed E-state index contributed by atoms with van der Waals surface area (Å²) in [6.07, 6.45) is 8.45. The quantitative estimate of drug-likeness (QED) is 0.478. The average Bonchev–Trinajstić information content (AvgIpc) is 3.53. The van der Waals surface area contributed by atoms with Gasteiger partial charge in [0.1, 0.15) is 0 Å². The standard InChI is InChI=1S/C23H20N6O3/c1-31-20-5-4-17(12-26-20)23(30)29-13-18(16-3-2-8-25-11-16)19(14-29)22-27-21(28-32-22)15-6-9-24-10-7-15/h2-12,18-19H,13-14H2,1H3. The van der Waals surface area contributed by atoms with Gasteiger partial charge in [-0.25, -0.2) is 4.98 Å². The largest absolute Gasteiger partial charge is 0.481 e. The molecular weight excluding hydrogens is 408 g/mol. The van der Waals surface area contributed by atoms with Crippen molar-refractivity contribution in [3.63, 3.8) is 0 Å². The smallest absolute Gasteiger partial charge is 0.255 e. The molecule has 1 aliphatic heterocycles. The second-order valence-electron chi connectivity index (χ2n) is 7.49. The summed E-state index contributed by atoms with van der Waals surface area (Å²) < 4.78 is 10.7. The molecule has 0 aromatic carbocycles. The zero-order chi connectivity index (χ0) is 21.9. The van der Waals surface area contributed by atoms with Crippen molar-refractivity contribution < 1.29 is 14.1 Å². The Kier molecular flexibility index (Phi) is 5.29. The Morgan fingerprint density at radius 3 is 2.59 bits per heavy atom. The summed E-state index contributed by atoms with van der Waals surface area (Å²) in [5.41, 5.74) is 2.34. The van der Waals surface area contributed by atoms with Crippen LogP contribution in [0.5, 0.6) is 5.88 Å². The number of methoxy groups -OCH3 is 1. The summed E-state index contributed by atoms with van der Waals surface area (Å²) >= 11 is 0. The molecule has 1 fully saturated rings. The molecule has 2 unspecified atom stereocenters. The highest BCUT2D eigenvalue weighted by molar-refractivity contribution is 5.94. The van der Waals surface area contributed by atoms with E-state index in [1.807, 2.05) is 30.5 Å². The van der Waals surface area contributed by atoms with Crippen molar-refractivity contribution in [3.8, 4) is 17.3 Å². The summed E-state index contributed by atoms with van der Waals surface area (Å²) in [5.74, 6) is 1.17. The fourth-order valence-corrected chi connectivity index (χ4v) is 3.97. The SMILES string of the molecule is COc1ccc(C(=O)N2CC(c3cccnc3)C(c3nc(-c4ccncc4)no3)C2)cn1. The van der Waals surface area contributed by atoms with Crippen LogP contribution in [0, 0.1) is 0 Å². The number of hydrogen-bond acceptors (Lipinski definition) is 8. The summed E-state index contributed by atoms with van der Waals surface area (Å²) in [7, 11) is 1.54. The lowest BCUT2D eigenvalue weighted by molar-refractivity contribution is 0.0787. The zero-order valence-electron chi connectivity index (χ0n) is 17.3. The van der Waals surface area contributed by atoms with E-state index in [-0.39, 0.29) is 17.7 Å². The average molecular weight is 428 g/mol. The number of ether oxygens (including phenoxy) is 1. The van der Waals surface area contributed by atoms with Gasteiger partial charge in [0.2, 0.25) is 17.6 Å². The number of aromatic nitrogens is 5. The fourth-order valence-electron chi connectivity index (χ4n) is 3.97. The first-order valence-electron chi connectivity index (χ1n) is 10.2. The van der Waals surface area contributed by atoms with Crippen LogP contribution in [0.4, 0.5) is 0 Å². The van der Waals surface area contributed by atoms with Crippen LogP contribution in [-0.4, -0.2) is 56.1 Å². The molecular formula is C23H20N6O3. The van der Waals surface area contributed by atoms with Crippen LogP contribution < -0.4 is 4.74 Å². The van der Waals surface area contributed by atoms with Crippen LogP contribution in [0.1, 0.15) is 33.6 Å². The molecule has 160 valence electrons. The van der Waals surface area contributed by atoms with Gasteiger partial charge >= 0.3 is 0 Å². The molecule has 32 heavy (non-hydrogen) atoms. The van der Waals surface area contributed by atoms with Crippen LogP contribution >= 0.6 is 0 Å². The normalized spacial score (nSPS) is 18.0. The minimum atomic E-state index is -0.155. The van der Waals surface area contributed by atoms with Crippen LogP contribution in [0.3, 0.4) is 0 Å². The van der Waals surface area contributed by atoms with Gasteiger partial charge in [-0.05, 0) is 29.8 Å². The Bertz CT molecular complexity index is 1200. The summed E-state index contributed by atoms with van der Waals surface area (Å²) in [5, 5.41) is 4.15. The van der Waals surface area contributed by atoms with Crippen molar-refractivity contribution >= 4 is 5.91 Å². The Hall–Kier alpha value is -4.14. The van der Waals surface area contributed by atoms with E-state index in [2.05, 4.69) is 25.1 Å². The number of carbonyl (C=O) groups excluding carboxylic acids is 1. The highest BCUT2D eigenvalue weighted by Gasteiger charge is 2.40. The van der Waals surface area contributed by atoms with Gasteiger partial charge in [-0.3, -0.25) is 14.8 Å². The minimum Gasteiger partial charge on any atom is -0.481 e. The van der Waals surface area contributed by atoms with E-state index in [0.29, 0.717) is 36.2 Å². The van der Waals surface area contributed by atoms with Crippen molar-refractivity contribution in [2.45, 2.75) is 11.8 Å². The van der Waals surface area contributed by atoms with Crippen molar-refractivity contribution in [2.75, 3.05) is 20.2 Å². The molecule has 1 amide bonds. The third-order valence-corrected chi connectivity index (χ3v) is 5.61. The number of rotatable bonds is 5. The van der Waals surface area contributed by atoms with E-state index in [4.69, 9.17) is 9.26 Å². The molecule has 5 heterocycles. The third-order valence-electron chi connectivity index (χ3n) is 5.61. The van der Waals surface area contributed by atoms with Gasteiger partial charge in [0.15, 0.2) is 0 Å². The highest BCUT2D eigenvalue weighted by atomic mass is 16.5. The zero-order valence-corrected chi connectivity index (χ0v) is 17.3. The first-order chi connectivity index (χ1) is 15.7. The summed E-state index contributed by atoms with van der Waals surface area (Å²) in [4.78, 5) is 32.0. The molecule has 4 aromatic heterocycles. The summed E-state index contributed by atoms with van der Waals surface area (Å²) in [6, 6.07) is 10.9. The number of amides is 1. The monoisotopic (exact) mass is 428 g/mol. The lowest BCUT2D eigenvalue weighted by Crippen LogP contribution is -2.29. The first kappa shape index (κ1) is 19.8. The molecule has 0 radical (unpaired) electrons. The van der Waals surface area contributed by atoms with Crippen LogP contribution in [-0.2, 0) is 0 Å². The number of likely N-dealkylation sites (tertiary alicyclic amines) is 1. The summed E-state index contributed by atoms with van der Waals surface area (Å²) in [6.45, 7) is 0.955. The molecule has 2 atom stereocenters. The maximum atomic E-state index is 13.2. The van der Waals surface area contributed by atoms with Crippen LogP contribution in [0.25, 0.3) is 11.4 Å². The van der Waals surface area contributed by atoms with E-state index in [1.54, 1.807) is 35.6 Å². The Labute approximate surface area is 184 Å². The maximum absolute atomic E-state index is 13.2. The number of pyridine rings is 3. The van der Waals surface area contributed by atoms with Crippen LogP contribution in [0.2, 0.25) is 0 Å². The van der Waals surface area contributed by atoms with Crippen molar-refractivity contribution in [2.24, 2.45) is 0 Å². The molecule has 9 heteroatoms. The molecule has 4 aromatic rings. The second-order valence-corrected chi connectivity index (χ2v) is 7.49. The lowest BCUT2D eigenvalue weighted by Gasteiger charge is -2.16. The number of hydrogen-bond donors (Lipinski definition) is 0. The second kappa shape index (κ2) is 8.54. The molecule has 1 aliphatic rings. The molecule has 9 nitrogen and oxygen atoms in total. The first-order valence-corrected chi connectivity index (χ1v) is 10.2. The van der Waals surface area contributed by atoms with E-state index < -0.39 is 0 Å². The minimum absolute atomic E-state index is 0.0235. The Morgan fingerprint density at radius 2 is 1.88 bits per heavy atom. The molecule has 1 saturated heterocycles. The molecule has 0 spiro atoms. The third kappa shape index (κ3) is 3.80. The van der Waals surface area contributed by atoms with E-state index >= 15 is 0 Å². The molecule has 0 saturated carbocycles. The van der Waals surface area contributed by atoms with Crippen molar-refractivity contribution in [3.05, 3.63) is 84.4 Å². The van der Waals surface area contributed by atoms with Gasteiger partial charge in [0, 0.05) is 61.6 Å². The van der Waals surface area contributed by atoms with Crippen molar-refractivity contribution in [1.29, 1.82) is 0 Å². The van der Waals surface area contributed by atoms with Gasteiger partial charge in [0.05, 0.1) is 18.6 Å². The molecule has 0 aliphatic carbocycles. The molecule has 0 N–H and O–H groups in total. The molecule has 0 bridgehead atoms. The predicted molar refractivity (Wildman–Crippen MR) is 114 cm³/mol. The van der Waals surface area contributed by atoms with E-state index in [0.717, 1.165) is 11.1 Å². The van der Waals surface area contributed by atoms with Crippen LogP contribution in [0.15, 0.2) is 71.9 Å². The van der Waals surface area contributed by atoms with Crippen molar-refractivity contribution in [1.82, 2.24) is 30.0 Å². The Balaban J connectivity index is 1.45. The maximum Gasteiger partial charge on any atom is 0.255 e. The fraction of sp³-hybridized carbons (Fsp3) is 0.217. The highest BCUT2D eigenvalue weighted by Crippen LogP contribution is 2.39. The molecule has 5 rings (SSSR count). The van der Waals surface area contributed by atoms with Gasteiger partial charge < -0.3 is 14.2 Å². The number of carbonyl (C=O) groups is 1. The van der Waals surface area contributed by atoms with E-state index in [1.165, 1.54) is 13.3 Å². The Morgan fingerprint density at radius 1 is 1.03 bits per heavy atom. The van der Waals surface area contributed by atoms with Gasteiger partial charge in [0.25, 0.3) is 5.91 Å². The predicted octanol–water partition coefficient (Wildman–Crippen LogP) is 2.95. The van der Waals surface area contributed by atoms with E-state index in [9.17, 15) is 4.79 Å². The van der Waals surface area contributed by atoms with Gasteiger partial charge in [-0.1, -0.05) is 11.2 Å².